The van der Waals surface area contributed by atoms with Crippen molar-refractivity contribution in [3.8, 4) is 0 Å². The van der Waals surface area contributed by atoms with Crippen molar-refractivity contribution in [3.05, 3.63) is 45.6 Å². The Morgan fingerprint density at radius 2 is 2.18 bits per heavy atom. The number of rotatable bonds is 5. The highest BCUT2D eigenvalue weighted by molar-refractivity contribution is 8.03. The summed E-state index contributed by atoms with van der Waals surface area (Å²) in [6.45, 7) is 11.1. The standard InChI is InChI=1S/C13H15NO2S/c1-5-8(2)11-6-14-13(10(4)12(11)16)17-9(3)7-15/h6-7H,2-3,5H2,1,4H3,(H,14,16). The Bertz CT molecular complexity index is 529. The van der Waals surface area contributed by atoms with E-state index in [-0.39, 0.29) is 5.43 Å². The number of H-pyrrole nitrogens is 1. The fourth-order valence-electron chi connectivity index (χ4n) is 1.33. The third kappa shape index (κ3) is 2.97. The van der Waals surface area contributed by atoms with Crippen LogP contribution < -0.4 is 5.43 Å². The van der Waals surface area contributed by atoms with Crippen LogP contribution in [0.25, 0.3) is 5.57 Å². The molecule has 0 bridgehead atoms. The van der Waals surface area contributed by atoms with Crippen LogP contribution in [0.5, 0.6) is 0 Å². The Morgan fingerprint density at radius 1 is 1.53 bits per heavy atom. The van der Waals surface area contributed by atoms with E-state index in [2.05, 4.69) is 18.1 Å². The lowest BCUT2D eigenvalue weighted by atomic mass is 10.1. The van der Waals surface area contributed by atoms with Crippen LogP contribution >= 0.6 is 11.8 Å². The second kappa shape index (κ2) is 5.68. The molecule has 1 rings (SSSR count). The fourth-order valence-corrected chi connectivity index (χ4v) is 2.00. The van der Waals surface area contributed by atoms with Crippen LogP contribution in [0.3, 0.4) is 0 Å². The summed E-state index contributed by atoms with van der Waals surface area (Å²) >= 11 is 1.16. The molecule has 1 heterocycles. The van der Waals surface area contributed by atoms with E-state index in [4.69, 9.17) is 0 Å². The molecule has 0 aliphatic rings. The summed E-state index contributed by atoms with van der Waals surface area (Å²) in [5, 5.41) is 0.653. The lowest BCUT2D eigenvalue weighted by Crippen LogP contribution is -2.13. The molecule has 4 heteroatoms. The zero-order valence-electron chi connectivity index (χ0n) is 10.0. The summed E-state index contributed by atoms with van der Waals surface area (Å²) in [6, 6.07) is 0. The molecule has 0 aromatic carbocycles. The minimum Gasteiger partial charge on any atom is -0.355 e. The van der Waals surface area contributed by atoms with Gasteiger partial charge in [-0.05, 0) is 18.9 Å². The number of aldehydes is 1. The molecule has 0 fully saturated rings. The zero-order chi connectivity index (χ0) is 13.0. The summed E-state index contributed by atoms with van der Waals surface area (Å²) in [5.74, 6) is 0. The molecule has 0 aliphatic heterocycles. The number of carbonyl (C=O) groups excluding carboxylic acids is 1. The number of hydrogen-bond donors (Lipinski definition) is 1. The molecular formula is C13H15NO2S. The molecule has 90 valence electrons. The first kappa shape index (κ1) is 13.5. The number of allylic oxidation sites excluding steroid dienone is 2. The molecule has 17 heavy (non-hydrogen) atoms. The molecule has 0 spiro atoms. The normalized spacial score (nSPS) is 10.0. The van der Waals surface area contributed by atoms with Crippen molar-refractivity contribution in [1.29, 1.82) is 0 Å². The summed E-state index contributed by atoms with van der Waals surface area (Å²) in [6.07, 6.45) is 3.04. The highest BCUT2D eigenvalue weighted by atomic mass is 32.2. The van der Waals surface area contributed by atoms with Crippen molar-refractivity contribution in [2.24, 2.45) is 0 Å². The minimum absolute atomic E-state index is 0.0446. The molecule has 1 aromatic heterocycles. The maximum atomic E-state index is 12.0. The van der Waals surface area contributed by atoms with Gasteiger partial charge in [-0.3, -0.25) is 9.59 Å². The molecule has 0 saturated carbocycles. The number of aromatic nitrogens is 1. The van der Waals surface area contributed by atoms with Crippen molar-refractivity contribution >= 4 is 23.6 Å². The van der Waals surface area contributed by atoms with Crippen LogP contribution in [-0.4, -0.2) is 11.3 Å². The SMILES string of the molecule is C=C(C=O)Sc1[nH]cc(C(=C)CC)c(=O)c1C. The Morgan fingerprint density at radius 3 is 2.71 bits per heavy atom. The molecule has 0 atom stereocenters. The van der Waals surface area contributed by atoms with Crippen molar-refractivity contribution in [2.45, 2.75) is 25.3 Å². The van der Waals surface area contributed by atoms with Crippen molar-refractivity contribution in [3.63, 3.8) is 0 Å². The zero-order valence-corrected chi connectivity index (χ0v) is 10.8. The first-order valence-corrected chi connectivity index (χ1v) is 6.05. The Hall–Kier alpha value is -1.55. The Kier molecular flexibility index (Phi) is 4.52. The topological polar surface area (TPSA) is 49.9 Å². The molecule has 0 radical (unpaired) electrons. The third-order valence-corrected chi connectivity index (χ3v) is 3.43. The van der Waals surface area contributed by atoms with E-state index in [9.17, 15) is 9.59 Å². The highest BCUT2D eigenvalue weighted by Crippen LogP contribution is 2.24. The highest BCUT2D eigenvalue weighted by Gasteiger charge is 2.10. The van der Waals surface area contributed by atoms with Gasteiger partial charge in [0.25, 0.3) is 0 Å². The van der Waals surface area contributed by atoms with Gasteiger partial charge in [0.1, 0.15) is 0 Å². The van der Waals surface area contributed by atoms with Gasteiger partial charge in [-0.15, -0.1) is 0 Å². The maximum Gasteiger partial charge on any atom is 0.193 e. The van der Waals surface area contributed by atoms with Crippen molar-refractivity contribution < 1.29 is 4.79 Å². The quantitative estimate of drug-likeness (QED) is 0.496. The molecule has 0 saturated heterocycles. The van der Waals surface area contributed by atoms with Crippen LogP contribution in [0.4, 0.5) is 0 Å². The molecular weight excluding hydrogens is 234 g/mol. The molecule has 0 aliphatic carbocycles. The number of nitrogens with one attached hydrogen (secondary N) is 1. The summed E-state index contributed by atoms with van der Waals surface area (Å²) in [4.78, 5) is 25.9. The number of hydrogen-bond acceptors (Lipinski definition) is 3. The predicted molar refractivity (Wildman–Crippen MR) is 72.2 cm³/mol. The largest absolute Gasteiger partial charge is 0.355 e. The maximum absolute atomic E-state index is 12.0. The first-order valence-electron chi connectivity index (χ1n) is 5.23. The molecule has 0 amide bonds. The van der Waals surface area contributed by atoms with Crippen molar-refractivity contribution in [1.82, 2.24) is 4.98 Å². The fraction of sp³-hybridized carbons (Fsp3) is 0.231. The van der Waals surface area contributed by atoms with Gasteiger partial charge in [0.2, 0.25) is 0 Å². The second-order valence-corrected chi connectivity index (χ2v) is 4.77. The van der Waals surface area contributed by atoms with Crippen LogP contribution in [0.1, 0.15) is 24.5 Å². The summed E-state index contributed by atoms with van der Waals surface area (Å²) in [5.41, 5.74) is 1.95. The van der Waals surface area contributed by atoms with Gasteiger partial charge in [0, 0.05) is 22.2 Å². The van der Waals surface area contributed by atoms with Gasteiger partial charge in [-0.25, -0.2) is 0 Å². The lowest BCUT2D eigenvalue weighted by molar-refractivity contribution is -0.104. The lowest BCUT2D eigenvalue weighted by Gasteiger charge is -2.08. The number of aromatic amines is 1. The second-order valence-electron chi connectivity index (χ2n) is 3.63. The molecule has 3 nitrogen and oxygen atoms in total. The average Bonchev–Trinajstić information content (AvgIpc) is 2.34. The van der Waals surface area contributed by atoms with E-state index >= 15 is 0 Å². The van der Waals surface area contributed by atoms with Gasteiger partial charge >= 0.3 is 0 Å². The van der Waals surface area contributed by atoms with Gasteiger partial charge in [0.05, 0.1) is 5.03 Å². The number of carbonyl (C=O) groups is 1. The third-order valence-electron chi connectivity index (χ3n) is 2.45. The van der Waals surface area contributed by atoms with E-state index in [0.29, 0.717) is 27.3 Å². The smallest absolute Gasteiger partial charge is 0.193 e. The van der Waals surface area contributed by atoms with E-state index in [1.165, 1.54) is 0 Å². The van der Waals surface area contributed by atoms with Crippen LogP contribution in [-0.2, 0) is 4.79 Å². The summed E-state index contributed by atoms with van der Waals surface area (Å²) < 4.78 is 0. The van der Waals surface area contributed by atoms with Crippen LogP contribution in [0, 0.1) is 6.92 Å². The van der Waals surface area contributed by atoms with Gasteiger partial charge in [-0.1, -0.05) is 31.8 Å². The van der Waals surface area contributed by atoms with E-state index in [0.717, 1.165) is 23.8 Å². The van der Waals surface area contributed by atoms with Gasteiger partial charge in [0.15, 0.2) is 11.7 Å². The number of thioether (sulfide) groups is 1. The first-order chi connectivity index (χ1) is 8.01. The molecule has 0 unspecified atom stereocenters. The van der Waals surface area contributed by atoms with E-state index < -0.39 is 0 Å². The van der Waals surface area contributed by atoms with E-state index in [1.807, 2.05) is 6.92 Å². The monoisotopic (exact) mass is 249 g/mol. The number of pyridine rings is 1. The van der Waals surface area contributed by atoms with Crippen LogP contribution in [0.15, 0.2) is 34.1 Å². The van der Waals surface area contributed by atoms with E-state index in [1.54, 1.807) is 13.1 Å². The average molecular weight is 249 g/mol. The summed E-state index contributed by atoms with van der Waals surface area (Å²) in [7, 11) is 0. The minimum atomic E-state index is -0.0446. The molecule has 1 N–H and O–H groups in total. The van der Waals surface area contributed by atoms with Crippen molar-refractivity contribution in [2.75, 3.05) is 0 Å². The Labute approximate surface area is 105 Å². The van der Waals surface area contributed by atoms with Gasteiger partial charge < -0.3 is 4.98 Å². The van der Waals surface area contributed by atoms with Crippen LogP contribution in [0.2, 0.25) is 0 Å². The predicted octanol–water partition coefficient (Wildman–Crippen LogP) is 2.91. The van der Waals surface area contributed by atoms with Gasteiger partial charge in [-0.2, -0.15) is 0 Å². The Balaban J connectivity index is 3.20. The molecule has 1 aromatic rings.